The van der Waals surface area contributed by atoms with Gasteiger partial charge < -0.3 is 10.2 Å². The zero-order chi connectivity index (χ0) is 26.6. The van der Waals surface area contributed by atoms with Gasteiger partial charge in [0.15, 0.2) is 0 Å². The first kappa shape index (κ1) is 26.6. The van der Waals surface area contributed by atoms with Gasteiger partial charge in [0.05, 0.1) is 29.5 Å². The Balaban J connectivity index is 1.24. The third-order valence-corrected chi connectivity index (χ3v) is 7.74. The predicted molar refractivity (Wildman–Crippen MR) is 150 cm³/mol. The minimum atomic E-state index is -0.317. The smallest absolute Gasteiger partial charge is 0.255 e. The lowest BCUT2D eigenvalue weighted by Gasteiger charge is -2.30. The van der Waals surface area contributed by atoms with E-state index in [0.29, 0.717) is 11.3 Å². The van der Waals surface area contributed by atoms with E-state index in [2.05, 4.69) is 39.6 Å². The molecule has 2 N–H and O–H groups in total. The molecule has 1 aliphatic heterocycles. The van der Waals surface area contributed by atoms with Crippen molar-refractivity contribution < 1.29 is 14.1 Å². The number of nitrogens with one attached hydrogen (secondary N) is 2. The summed E-state index contributed by atoms with van der Waals surface area (Å²) in [6, 6.07) is 19.7. The third kappa shape index (κ3) is 6.33. The molecule has 0 unspecified atom stereocenters. The lowest BCUT2D eigenvalue weighted by atomic mass is 9.91. The molecule has 0 atom stereocenters. The van der Waals surface area contributed by atoms with Gasteiger partial charge in [-0.1, -0.05) is 71.2 Å². The molecule has 1 amide bonds. The molecule has 3 heterocycles. The van der Waals surface area contributed by atoms with Crippen molar-refractivity contribution in [1.82, 2.24) is 9.97 Å². The number of anilines is 1. The lowest BCUT2D eigenvalue weighted by Crippen LogP contribution is -3.11. The molecule has 0 radical (unpaired) electrons. The third-order valence-electron chi connectivity index (χ3n) is 6.86. The van der Waals surface area contributed by atoms with Gasteiger partial charge in [-0.2, -0.15) is 0 Å². The fourth-order valence-electron chi connectivity index (χ4n) is 4.85. The van der Waals surface area contributed by atoms with Gasteiger partial charge >= 0.3 is 0 Å². The fraction of sp³-hybridized carbons (Fsp3) is 0.207. The number of rotatable bonds is 6. The van der Waals surface area contributed by atoms with E-state index in [1.807, 2.05) is 0 Å². The van der Waals surface area contributed by atoms with Crippen LogP contribution in [0.1, 0.15) is 40.4 Å². The summed E-state index contributed by atoms with van der Waals surface area (Å²) < 4.78 is 13.2. The number of likely N-dealkylation sites (tertiary alicyclic amines) is 1. The number of pyridine rings is 2. The van der Waals surface area contributed by atoms with Crippen molar-refractivity contribution in [2.75, 3.05) is 18.4 Å². The van der Waals surface area contributed by atoms with Crippen LogP contribution in [0.3, 0.4) is 0 Å². The van der Waals surface area contributed by atoms with Crippen LogP contribution in [-0.2, 0) is 6.54 Å². The zero-order valence-corrected chi connectivity index (χ0v) is 22.6. The summed E-state index contributed by atoms with van der Waals surface area (Å²) in [5.41, 5.74) is 5.01. The number of hydrogen-bond donors (Lipinski definition) is 2. The van der Waals surface area contributed by atoms with Gasteiger partial charge in [-0.15, -0.1) is 0 Å². The van der Waals surface area contributed by atoms with E-state index in [1.54, 1.807) is 24.3 Å². The molecule has 0 aliphatic carbocycles. The first-order valence-electron chi connectivity index (χ1n) is 12.3. The number of hydrogen-bond acceptors (Lipinski definition) is 3. The van der Waals surface area contributed by atoms with Crippen molar-refractivity contribution in [3.05, 3.63) is 111 Å². The van der Waals surface area contributed by atoms with Crippen molar-refractivity contribution in [2.45, 2.75) is 25.3 Å². The quantitative estimate of drug-likeness (QED) is 0.262. The second kappa shape index (κ2) is 11.8. The maximum absolute atomic E-state index is 13.2. The zero-order valence-electron chi connectivity index (χ0n) is 20.4. The number of carbonyl (C=O) groups is 1. The summed E-state index contributed by atoms with van der Waals surface area (Å²) in [7, 11) is 0. The standard InChI is InChI=1S/C29H24Cl3FN4O/c30-24-16-25(35-29(38)22-9-12-34-26(31)15-22)27(36-28(24)32)21-10-13-37(14-11-21)17-18-1-3-19(4-2-18)20-5-7-23(33)8-6-20/h1-9,12,15-16,21H,10-11,13-14,17H2,(H,35,38)/p+1. The molecule has 0 spiro atoms. The number of quaternary nitrogens is 1. The molecule has 0 saturated carbocycles. The van der Waals surface area contributed by atoms with E-state index in [1.165, 1.54) is 34.9 Å². The largest absolute Gasteiger partial charge is 0.331 e. The Morgan fingerprint density at radius 2 is 1.61 bits per heavy atom. The minimum absolute atomic E-state index is 0.144. The van der Waals surface area contributed by atoms with Gasteiger partial charge in [-0.05, 0) is 41.5 Å². The Labute approximate surface area is 235 Å². The molecule has 1 aliphatic rings. The highest BCUT2D eigenvalue weighted by Crippen LogP contribution is 2.34. The molecule has 5 nitrogen and oxygen atoms in total. The van der Waals surface area contributed by atoms with Crippen molar-refractivity contribution >= 4 is 46.4 Å². The van der Waals surface area contributed by atoms with Gasteiger partial charge in [-0.3, -0.25) is 4.79 Å². The van der Waals surface area contributed by atoms with Crippen LogP contribution in [0.2, 0.25) is 15.3 Å². The Morgan fingerprint density at radius 3 is 2.26 bits per heavy atom. The molecule has 4 aromatic rings. The number of halogens is 4. The van der Waals surface area contributed by atoms with Crippen LogP contribution in [0, 0.1) is 5.82 Å². The van der Waals surface area contributed by atoms with E-state index in [4.69, 9.17) is 34.8 Å². The second-order valence-electron chi connectivity index (χ2n) is 9.42. The molecule has 38 heavy (non-hydrogen) atoms. The molecule has 1 saturated heterocycles. The Morgan fingerprint density at radius 1 is 0.947 bits per heavy atom. The molecule has 2 aromatic heterocycles. The normalized spacial score (nSPS) is 17.3. The molecule has 1 fully saturated rings. The minimum Gasteiger partial charge on any atom is -0.331 e. The number of nitrogens with zero attached hydrogens (tertiary/aromatic N) is 2. The summed E-state index contributed by atoms with van der Waals surface area (Å²) in [4.78, 5) is 22.8. The highest BCUT2D eigenvalue weighted by molar-refractivity contribution is 6.41. The van der Waals surface area contributed by atoms with Crippen molar-refractivity contribution in [3.63, 3.8) is 0 Å². The summed E-state index contributed by atoms with van der Waals surface area (Å²) in [5.74, 6) is -0.407. The summed E-state index contributed by atoms with van der Waals surface area (Å²) in [5, 5.41) is 3.68. The van der Waals surface area contributed by atoms with Crippen molar-refractivity contribution in [3.8, 4) is 11.1 Å². The number of amides is 1. The van der Waals surface area contributed by atoms with E-state index in [0.717, 1.165) is 49.3 Å². The fourth-order valence-corrected chi connectivity index (χ4v) is 5.32. The molecular weight excluding hydrogens is 546 g/mol. The van der Waals surface area contributed by atoms with Crippen LogP contribution in [0.25, 0.3) is 11.1 Å². The highest BCUT2D eigenvalue weighted by Gasteiger charge is 2.28. The average Bonchev–Trinajstić information content (AvgIpc) is 2.92. The summed E-state index contributed by atoms with van der Waals surface area (Å²) >= 11 is 18.5. The summed E-state index contributed by atoms with van der Waals surface area (Å²) in [6.07, 6.45) is 3.29. The number of piperidine rings is 1. The molecule has 2 aromatic carbocycles. The van der Waals surface area contributed by atoms with E-state index in [9.17, 15) is 9.18 Å². The first-order valence-corrected chi connectivity index (χ1v) is 13.5. The van der Waals surface area contributed by atoms with Gasteiger partial charge in [0.25, 0.3) is 5.91 Å². The molecule has 9 heteroatoms. The average molecular weight is 571 g/mol. The Hall–Kier alpha value is -3.03. The van der Waals surface area contributed by atoms with Gasteiger partial charge in [0.1, 0.15) is 22.7 Å². The molecule has 5 rings (SSSR count). The molecule has 194 valence electrons. The van der Waals surface area contributed by atoms with Crippen LogP contribution in [0.4, 0.5) is 10.1 Å². The van der Waals surface area contributed by atoms with Crippen molar-refractivity contribution in [1.29, 1.82) is 0 Å². The van der Waals surface area contributed by atoms with Crippen LogP contribution < -0.4 is 10.2 Å². The van der Waals surface area contributed by atoms with Gasteiger partial charge in [0.2, 0.25) is 0 Å². The van der Waals surface area contributed by atoms with E-state index in [-0.39, 0.29) is 33.0 Å². The maximum Gasteiger partial charge on any atom is 0.255 e. The second-order valence-corrected chi connectivity index (χ2v) is 10.6. The molecular formula is C29H25Cl3FN4O+. The van der Waals surface area contributed by atoms with Crippen LogP contribution >= 0.6 is 34.8 Å². The van der Waals surface area contributed by atoms with Gasteiger partial charge in [-0.25, -0.2) is 14.4 Å². The highest BCUT2D eigenvalue weighted by atomic mass is 35.5. The van der Waals surface area contributed by atoms with Gasteiger partial charge in [0, 0.05) is 36.1 Å². The maximum atomic E-state index is 13.2. The topological polar surface area (TPSA) is 59.3 Å². The van der Waals surface area contributed by atoms with E-state index >= 15 is 0 Å². The lowest BCUT2D eigenvalue weighted by molar-refractivity contribution is -0.919. The monoisotopic (exact) mass is 569 g/mol. The Bertz CT molecular complexity index is 1440. The SMILES string of the molecule is O=C(Nc1cc(Cl)c(Cl)nc1C1CC[NH+](Cc2ccc(-c3ccc(F)cc3)cc2)CC1)c1ccnc(Cl)c1. The van der Waals surface area contributed by atoms with Crippen molar-refractivity contribution in [2.24, 2.45) is 0 Å². The predicted octanol–water partition coefficient (Wildman–Crippen LogP) is 6.46. The van der Waals surface area contributed by atoms with E-state index < -0.39 is 0 Å². The van der Waals surface area contributed by atoms with Crippen LogP contribution in [0.15, 0.2) is 72.9 Å². The number of benzene rings is 2. The summed E-state index contributed by atoms with van der Waals surface area (Å²) in [6.45, 7) is 2.83. The first-order chi connectivity index (χ1) is 18.4. The van der Waals surface area contributed by atoms with Crippen LogP contribution in [0.5, 0.6) is 0 Å². The Kier molecular flexibility index (Phi) is 8.24. The number of aromatic nitrogens is 2. The van der Waals surface area contributed by atoms with Crippen LogP contribution in [-0.4, -0.2) is 29.0 Å². The number of carbonyl (C=O) groups excluding carboxylic acids is 1. The molecule has 0 bridgehead atoms.